The van der Waals surface area contributed by atoms with Crippen LogP contribution in [0.1, 0.15) is 52.2 Å². The molecule has 5 N–H and O–H groups in total. The Morgan fingerprint density at radius 3 is 2.20 bits per heavy atom. The summed E-state index contributed by atoms with van der Waals surface area (Å²) >= 11 is 0. The van der Waals surface area contributed by atoms with Gasteiger partial charge in [-0.1, -0.05) is 77.1 Å². The molecule has 2 aliphatic rings. The van der Waals surface area contributed by atoms with E-state index in [0.29, 0.717) is 25.2 Å². The largest absolute Gasteiger partial charge is 0.492 e. The maximum Gasteiger partial charge on any atom is 0.407 e. The molecule has 0 bridgehead atoms. The average molecular weight is 769 g/mol. The molecule has 55 heavy (non-hydrogen) atoms. The number of ether oxygens (including phenoxy) is 4. The molecule has 4 amide bonds. The highest BCUT2D eigenvalue weighted by Gasteiger charge is 2.53. The molecule has 1 aliphatic carbocycles. The predicted molar refractivity (Wildman–Crippen MR) is 206 cm³/mol. The van der Waals surface area contributed by atoms with Crippen molar-refractivity contribution in [2.24, 2.45) is 16.7 Å². The lowest BCUT2D eigenvalue weighted by Gasteiger charge is -2.51. The number of morpholine rings is 1. The van der Waals surface area contributed by atoms with Crippen molar-refractivity contribution in [3.63, 3.8) is 0 Å². The average Bonchev–Trinajstić information content (AvgIpc) is 3.15. The predicted octanol–water partition coefficient (Wildman–Crippen LogP) is 2.86. The monoisotopic (exact) mass is 768 g/mol. The van der Waals surface area contributed by atoms with Crippen molar-refractivity contribution in [2.75, 3.05) is 60.2 Å². The third kappa shape index (κ3) is 12.8. The van der Waals surface area contributed by atoms with Crippen molar-refractivity contribution in [1.29, 1.82) is 0 Å². The Morgan fingerprint density at radius 2 is 1.60 bits per heavy atom. The van der Waals surface area contributed by atoms with Crippen LogP contribution in [0.25, 0.3) is 0 Å². The Balaban J connectivity index is 1.52. The highest BCUT2D eigenvalue weighted by Crippen LogP contribution is 2.46. The molecule has 15 nitrogen and oxygen atoms in total. The minimum absolute atomic E-state index is 0.0724. The maximum absolute atomic E-state index is 13.9. The first kappa shape index (κ1) is 43.3. The van der Waals surface area contributed by atoms with Crippen LogP contribution in [-0.4, -0.2) is 123 Å². The molecule has 0 aromatic heterocycles. The Morgan fingerprint density at radius 1 is 0.945 bits per heavy atom. The number of amides is 4. The van der Waals surface area contributed by atoms with Gasteiger partial charge in [0.25, 0.3) is 5.91 Å². The number of hydrazine groups is 1. The molecule has 1 aliphatic heterocycles. The number of rotatable bonds is 17. The van der Waals surface area contributed by atoms with Crippen LogP contribution in [0.5, 0.6) is 5.75 Å². The Labute approximate surface area is 324 Å². The molecule has 304 valence electrons. The second kappa shape index (κ2) is 19.9. The molecular weight excluding hydrogens is 708 g/mol. The molecule has 4 rings (SSSR count). The number of methoxy groups -OCH3 is 2. The van der Waals surface area contributed by atoms with E-state index in [0.717, 1.165) is 44.0 Å². The fourth-order valence-corrected chi connectivity index (χ4v) is 6.86. The van der Waals surface area contributed by atoms with E-state index in [2.05, 4.69) is 26.3 Å². The van der Waals surface area contributed by atoms with Gasteiger partial charge < -0.3 is 40.0 Å². The van der Waals surface area contributed by atoms with Crippen molar-refractivity contribution >= 4 is 24.0 Å². The van der Waals surface area contributed by atoms with E-state index in [4.69, 9.17) is 18.9 Å². The van der Waals surface area contributed by atoms with E-state index in [1.165, 1.54) is 14.2 Å². The normalized spacial score (nSPS) is 19.9. The molecule has 1 heterocycles. The summed E-state index contributed by atoms with van der Waals surface area (Å²) in [5.74, 6) is -0.473. The first-order valence-electron chi connectivity index (χ1n) is 18.9. The quantitative estimate of drug-likeness (QED) is 0.150. The molecule has 2 aromatic carbocycles. The molecule has 1 saturated carbocycles. The van der Waals surface area contributed by atoms with Crippen LogP contribution in [0.2, 0.25) is 0 Å². The van der Waals surface area contributed by atoms with E-state index in [9.17, 15) is 24.3 Å². The standard InChI is InChI=1S/C40H60N6O9/c1-39(2,3)34(43-38(51)53-7)36(49)44-46(25-28-13-15-29(16-14-28)55-22-19-45-17-20-54-21-18-45)26-32(47)31(23-27-11-9-8-10-12-27)41-35(48)30-24-33(40(30,4)5)42-37(50)52-6/h8-16,30-34,47H,17-26H2,1-7H3,(H,41,48)(H,42,50)(H,43,51)(H,44,49)/t30-,31+,32+,33-,34-/m1/s1. The minimum Gasteiger partial charge on any atom is -0.492 e. The lowest BCUT2D eigenvalue weighted by molar-refractivity contribution is -0.139. The molecule has 0 spiro atoms. The zero-order valence-corrected chi connectivity index (χ0v) is 33.3. The number of aliphatic hydroxyl groups is 1. The number of carbonyl (C=O) groups excluding carboxylic acids is 4. The summed E-state index contributed by atoms with van der Waals surface area (Å²) in [6.45, 7) is 13.9. The number of hydrogen-bond acceptors (Lipinski definition) is 11. The van der Waals surface area contributed by atoms with Crippen LogP contribution in [0.3, 0.4) is 0 Å². The molecule has 0 unspecified atom stereocenters. The van der Waals surface area contributed by atoms with E-state index in [1.54, 1.807) is 5.01 Å². The summed E-state index contributed by atoms with van der Waals surface area (Å²) in [5, 5.41) is 22.0. The lowest BCUT2D eigenvalue weighted by Crippen LogP contribution is -2.64. The number of nitrogens with one attached hydrogen (secondary N) is 4. The highest BCUT2D eigenvalue weighted by atomic mass is 16.5. The van der Waals surface area contributed by atoms with Gasteiger partial charge in [-0.05, 0) is 46.9 Å². The molecular formula is C40H60N6O9. The van der Waals surface area contributed by atoms with Gasteiger partial charge in [0.1, 0.15) is 18.4 Å². The second-order valence-electron chi connectivity index (χ2n) is 15.9. The van der Waals surface area contributed by atoms with Crippen LogP contribution >= 0.6 is 0 Å². The van der Waals surface area contributed by atoms with Gasteiger partial charge in [-0.2, -0.15) is 0 Å². The molecule has 1 saturated heterocycles. The zero-order chi connectivity index (χ0) is 40.2. The maximum atomic E-state index is 13.9. The van der Waals surface area contributed by atoms with Gasteiger partial charge in [-0.25, -0.2) is 14.6 Å². The Bertz CT molecular complexity index is 1550. The van der Waals surface area contributed by atoms with Crippen LogP contribution in [0.15, 0.2) is 54.6 Å². The van der Waals surface area contributed by atoms with Crippen LogP contribution in [-0.2, 0) is 36.8 Å². The van der Waals surface area contributed by atoms with Gasteiger partial charge in [0.05, 0.1) is 39.6 Å². The van der Waals surface area contributed by atoms with Gasteiger partial charge in [0.2, 0.25) is 5.91 Å². The summed E-state index contributed by atoms with van der Waals surface area (Å²) in [4.78, 5) is 54.1. The van der Waals surface area contributed by atoms with Crippen LogP contribution < -0.4 is 26.1 Å². The summed E-state index contributed by atoms with van der Waals surface area (Å²) < 4.78 is 21.0. The van der Waals surface area contributed by atoms with Crippen molar-refractivity contribution in [3.8, 4) is 5.75 Å². The summed E-state index contributed by atoms with van der Waals surface area (Å²) in [5.41, 5.74) is 3.40. The number of hydrogen-bond donors (Lipinski definition) is 5. The van der Waals surface area contributed by atoms with Crippen LogP contribution in [0, 0.1) is 16.7 Å². The molecule has 0 radical (unpaired) electrons. The van der Waals surface area contributed by atoms with Gasteiger partial charge in [0, 0.05) is 44.7 Å². The minimum atomic E-state index is -1.15. The fourth-order valence-electron chi connectivity index (χ4n) is 6.86. The van der Waals surface area contributed by atoms with Crippen molar-refractivity contribution in [2.45, 2.75) is 78.2 Å². The number of carbonyl (C=O) groups is 4. The first-order valence-corrected chi connectivity index (χ1v) is 18.9. The van der Waals surface area contributed by atoms with E-state index in [1.807, 2.05) is 89.2 Å². The number of nitrogens with zero attached hydrogens (tertiary/aromatic N) is 2. The molecule has 15 heteroatoms. The highest BCUT2D eigenvalue weighted by molar-refractivity contribution is 5.86. The van der Waals surface area contributed by atoms with Crippen LogP contribution in [0.4, 0.5) is 9.59 Å². The van der Waals surface area contributed by atoms with Gasteiger partial charge in [-0.3, -0.25) is 19.9 Å². The SMILES string of the molecule is COC(=O)N[C@H](C(=O)NN(Cc1ccc(OCCN2CCOCC2)cc1)C[C@H](O)[C@H](Cc1ccccc1)NC(=O)[C@H]1C[C@@H](NC(=O)OC)C1(C)C)C(C)(C)C. The lowest BCUT2D eigenvalue weighted by atomic mass is 9.58. The van der Waals surface area contributed by atoms with Gasteiger partial charge in [0.15, 0.2) is 0 Å². The Hall–Kier alpha value is -4.44. The Kier molecular flexibility index (Phi) is 15.7. The van der Waals surface area contributed by atoms with E-state index >= 15 is 0 Å². The molecule has 5 atom stereocenters. The van der Waals surface area contributed by atoms with Crippen molar-refractivity contribution in [3.05, 3.63) is 65.7 Å². The second-order valence-corrected chi connectivity index (χ2v) is 15.9. The summed E-state index contributed by atoms with van der Waals surface area (Å²) in [7, 11) is 2.52. The smallest absolute Gasteiger partial charge is 0.407 e. The van der Waals surface area contributed by atoms with Crippen molar-refractivity contribution < 1.29 is 43.2 Å². The van der Waals surface area contributed by atoms with E-state index < -0.39 is 53.0 Å². The number of aliphatic hydroxyl groups excluding tert-OH is 1. The number of benzene rings is 2. The molecule has 2 fully saturated rings. The van der Waals surface area contributed by atoms with Gasteiger partial charge in [-0.15, -0.1) is 0 Å². The van der Waals surface area contributed by atoms with Crippen molar-refractivity contribution in [1.82, 2.24) is 31.3 Å². The van der Waals surface area contributed by atoms with E-state index in [-0.39, 0.29) is 25.0 Å². The van der Waals surface area contributed by atoms with Gasteiger partial charge >= 0.3 is 12.2 Å². The number of alkyl carbamates (subject to hydrolysis) is 2. The fraction of sp³-hybridized carbons (Fsp3) is 0.600. The molecule has 2 aromatic rings. The zero-order valence-electron chi connectivity index (χ0n) is 33.3. The third-order valence-electron chi connectivity index (χ3n) is 10.5. The third-order valence-corrected chi connectivity index (χ3v) is 10.5. The summed E-state index contributed by atoms with van der Waals surface area (Å²) in [6, 6.07) is 15.1. The summed E-state index contributed by atoms with van der Waals surface area (Å²) in [6.07, 6.45) is -1.73. The topological polar surface area (TPSA) is 180 Å². The first-order chi connectivity index (χ1) is 26.1.